The molecule has 45 heavy (non-hydrogen) atoms. The lowest BCUT2D eigenvalue weighted by molar-refractivity contribution is -0.145. The molecule has 3 rings (SSSR count). The lowest BCUT2D eigenvalue weighted by Gasteiger charge is -2.38. The Morgan fingerprint density at radius 1 is 0.978 bits per heavy atom. The van der Waals surface area contributed by atoms with Gasteiger partial charge in [0.15, 0.2) is 11.6 Å². The first-order chi connectivity index (χ1) is 20.8. The fourth-order valence-electron chi connectivity index (χ4n) is 6.48. The van der Waals surface area contributed by atoms with Crippen LogP contribution in [0.2, 0.25) is 0 Å². The van der Waals surface area contributed by atoms with Crippen LogP contribution in [-0.4, -0.2) is 64.4 Å². The summed E-state index contributed by atoms with van der Waals surface area (Å²) in [5.41, 5.74) is -0.983. The number of fused-ring (bicyclic) bond motifs is 1. The molecule has 1 heterocycles. The number of piperidine rings is 1. The van der Waals surface area contributed by atoms with E-state index in [1.54, 1.807) is 49.9 Å². The summed E-state index contributed by atoms with van der Waals surface area (Å²) in [7, 11) is 0. The smallest absolute Gasteiger partial charge is 0.408 e. The minimum absolute atomic E-state index is 0.0779. The molecule has 1 aromatic carbocycles. The number of carbonyl (C=O) groups excluding carboxylic acids is 6. The molecule has 0 bridgehead atoms. The minimum Gasteiger partial charge on any atom is -0.444 e. The van der Waals surface area contributed by atoms with Crippen molar-refractivity contribution < 1.29 is 33.5 Å². The second-order valence-electron chi connectivity index (χ2n) is 15.2. The van der Waals surface area contributed by atoms with Crippen LogP contribution < -0.4 is 10.6 Å². The predicted octanol–water partition coefficient (Wildman–Crippen LogP) is 5.34. The van der Waals surface area contributed by atoms with E-state index in [0.29, 0.717) is 25.1 Å². The van der Waals surface area contributed by atoms with Crippen LogP contribution in [0, 0.1) is 28.6 Å². The Morgan fingerprint density at radius 2 is 1.60 bits per heavy atom. The normalized spacial score (nSPS) is 21.6. The number of nitrogens with one attached hydrogen (secondary N) is 2. The number of carbonyl (C=O) groups is 6. The van der Waals surface area contributed by atoms with Crippen LogP contribution in [0.25, 0.3) is 0 Å². The monoisotopic (exact) mass is 625 g/mol. The molecular weight excluding hydrogens is 574 g/mol. The van der Waals surface area contributed by atoms with E-state index < -0.39 is 46.7 Å². The zero-order chi connectivity index (χ0) is 33.9. The summed E-state index contributed by atoms with van der Waals surface area (Å²) in [5.74, 6) is -3.12. The summed E-state index contributed by atoms with van der Waals surface area (Å²) in [6.45, 7) is 17.1. The second kappa shape index (κ2) is 13.8. The molecule has 248 valence electrons. The number of likely N-dealkylation sites (tertiary alicyclic amines) is 1. The van der Waals surface area contributed by atoms with Gasteiger partial charge in [0.2, 0.25) is 17.6 Å². The molecule has 2 N–H and O–H groups in total. The van der Waals surface area contributed by atoms with Crippen molar-refractivity contribution >= 4 is 40.9 Å². The zero-order valence-electron chi connectivity index (χ0n) is 28.3. The Kier molecular flexibility index (Phi) is 11.0. The number of hydrogen-bond donors (Lipinski definition) is 2. The number of nitrogens with zero attached hydrogens (tertiary/aromatic N) is 1. The fraction of sp³-hybridized carbons (Fsp3) is 0.657. The Balaban J connectivity index is 1.73. The average Bonchev–Trinajstić information content (AvgIpc) is 3.25. The van der Waals surface area contributed by atoms with E-state index in [1.807, 2.05) is 33.8 Å². The van der Waals surface area contributed by atoms with Crippen molar-refractivity contribution in [1.29, 1.82) is 0 Å². The van der Waals surface area contributed by atoms with Crippen molar-refractivity contribution in [1.82, 2.24) is 10.2 Å². The maximum absolute atomic E-state index is 14.1. The highest BCUT2D eigenvalue weighted by atomic mass is 16.6. The standard InChI is InChI=1S/C35H51N3O7/c1-10-14-21(29(42)24(39)17-18-26(41)36-22-15-12-11-13-16-22)19-25(40)28-27-23(35(27,8)9)20-38(28)31(43)30(33(2,3)4)37-32(44)45-34(5,6)7/h11-13,15-16,21,23,27-28,30H,10,14,17-20H2,1-9H3,(H,36,41)(H,37,44)/t21?,23?,27?,28-,30-/m1/s1. The predicted molar refractivity (Wildman–Crippen MR) is 171 cm³/mol. The number of para-hydroxylation sites is 1. The van der Waals surface area contributed by atoms with Crippen LogP contribution in [0.5, 0.6) is 0 Å². The molecule has 2 fully saturated rings. The highest BCUT2D eigenvalue weighted by molar-refractivity contribution is 6.38. The largest absolute Gasteiger partial charge is 0.444 e. The van der Waals surface area contributed by atoms with Crippen LogP contribution in [0.4, 0.5) is 10.5 Å². The molecule has 1 saturated heterocycles. The Labute approximate surface area is 267 Å². The number of Topliss-reactive ketones (excluding diaryl/α,β-unsaturated/α-hetero) is 3. The highest BCUT2D eigenvalue weighted by Crippen LogP contribution is 2.65. The molecule has 1 aromatic rings. The zero-order valence-corrected chi connectivity index (χ0v) is 28.3. The average molecular weight is 626 g/mol. The lowest BCUT2D eigenvalue weighted by atomic mass is 9.84. The molecule has 0 radical (unpaired) electrons. The van der Waals surface area contributed by atoms with Gasteiger partial charge < -0.3 is 20.3 Å². The van der Waals surface area contributed by atoms with Crippen LogP contribution in [0.15, 0.2) is 30.3 Å². The van der Waals surface area contributed by atoms with E-state index in [4.69, 9.17) is 4.74 Å². The number of alkyl carbamates (subject to hydrolysis) is 1. The van der Waals surface area contributed by atoms with Gasteiger partial charge in [0.25, 0.3) is 0 Å². The van der Waals surface area contributed by atoms with Crippen LogP contribution in [-0.2, 0) is 28.7 Å². The molecule has 0 spiro atoms. The van der Waals surface area contributed by atoms with Gasteiger partial charge in [-0.1, -0.05) is 66.2 Å². The van der Waals surface area contributed by atoms with Crippen molar-refractivity contribution in [2.24, 2.45) is 28.6 Å². The van der Waals surface area contributed by atoms with E-state index in [0.717, 1.165) is 0 Å². The quantitative estimate of drug-likeness (QED) is 0.282. The molecule has 1 aliphatic heterocycles. The number of amides is 3. The van der Waals surface area contributed by atoms with Gasteiger partial charge in [-0.05, 0) is 62.0 Å². The number of ketones is 3. The van der Waals surface area contributed by atoms with Gasteiger partial charge in [-0.2, -0.15) is 0 Å². The summed E-state index contributed by atoms with van der Waals surface area (Å²) in [5, 5.41) is 5.44. The van der Waals surface area contributed by atoms with Crippen molar-refractivity contribution in [3.63, 3.8) is 0 Å². The Morgan fingerprint density at radius 3 is 2.16 bits per heavy atom. The first-order valence-corrected chi connectivity index (χ1v) is 16.0. The molecule has 3 unspecified atom stereocenters. The summed E-state index contributed by atoms with van der Waals surface area (Å²) >= 11 is 0. The molecular formula is C35H51N3O7. The summed E-state index contributed by atoms with van der Waals surface area (Å²) < 4.78 is 5.42. The van der Waals surface area contributed by atoms with Crippen molar-refractivity contribution in [3.8, 4) is 0 Å². The van der Waals surface area contributed by atoms with Gasteiger partial charge in [0.05, 0.1) is 6.04 Å². The van der Waals surface area contributed by atoms with E-state index >= 15 is 0 Å². The van der Waals surface area contributed by atoms with Crippen molar-refractivity contribution in [3.05, 3.63) is 30.3 Å². The topological polar surface area (TPSA) is 139 Å². The van der Waals surface area contributed by atoms with Crippen LogP contribution in [0.1, 0.15) is 94.4 Å². The SMILES string of the molecule is CCCC(CC(=O)[C@@H]1C2C(CN1C(=O)[C@@H](NC(=O)OC(C)(C)C)C(C)(C)C)C2(C)C)C(=O)C(=O)CCC(=O)Nc1ccccc1. The molecule has 2 aliphatic rings. The Hall–Kier alpha value is -3.56. The maximum Gasteiger partial charge on any atom is 0.408 e. The summed E-state index contributed by atoms with van der Waals surface area (Å²) in [6, 6.07) is 7.13. The highest BCUT2D eigenvalue weighted by Gasteiger charge is 2.69. The van der Waals surface area contributed by atoms with Crippen LogP contribution >= 0.6 is 0 Å². The molecule has 10 heteroatoms. The van der Waals surface area contributed by atoms with E-state index in [9.17, 15) is 28.8 Å². The van der Waals surface area contributed by atoms with Gasteiger partial charge in [-0.3, -0.25) is 24.0 Å². The third-order valence-electron chi connectivity index (χ3n) is 8.96. The molecule has 5 atom stereocenters. The number of benzene rings is 1. The molecule has 1 aliphatic carbocycles. The second-order valence-corrected chi connectivity index (χ2v) is 15.2. The van der Waals surface area contributed by atoms with Gasteiger partial charge >= 0.3 is 6.09 Å². The van der Waals surface area contributed by atoms with E-state index in [-0.39, 0.29) is 54.1 Å². The lowest BCUT2D eigenvalue weighted by Crippen LogP contribution is -2.58. The van der Waals surface area contributed by atoms with Crippen LogP contribution in [0.3, 0.4) is 0 Å². The van der Waals surface area contributed by atoms with Crippen molar-refractivity contribution in [2.45, 2.75) is 112 Å². The Bertz CT molecular complexity index is 1290. The molecule has 3 amide bonds. The third-order valence-corrected chi connectivity index (χ3v) is 8.96. The summed E-state index contributed by atoms with van der Waals surface area (Å²) in [4.78, 5) is 80.9. The molecule has 1 saturated carbocycles. The third kappa shape index (κ3) is 9.01. The fourth-order valence-corrected chi connectivity index (χ4v) is 6.48. The van der Waals surface area contributed by atoms with Gasteiger partial charge in [-0.15, -0.1) is 0 Å². The number of anilines is 1. The van der Waals surface area contributed by atoms with Gasteiger partial charge in [0.1, 0.15) is 11.6 Å². The number of hydrogen-bond acceptors (Lipinski definition) is 7. The van der Waals surface area contributed by atoms with E-state index in [2.05, 4.69) is 24.5 Å². The first-order valence-electron chi connectivity index (χ1n) is 16.0. The first kappa shape index (κ1) is 35.9. The summed E-state index contributed by atoms with van der Waals surface area (Å²) in [6.07, 6.45) is -0.345. The van der Waals surface area contributed by atoms with Gasteiger partial charge in [0, 0.05) is 37.4 Å². The number of rotatable bonds is 13. The molecule has 0 aromatic heterocycles. The number of ether oxygens (including phenoxy) is 1. The maximum atomic E-state index is 14.1. The molecule has 10 nitrogen and oxygen atoms in total. The van der Waals surface area contributed by atoms with Crippen molar-refractivity contribution in [2.75, 3.05) is 11.9 Å². The van der Waals surface area contributed by atoms with E-state index in [1.165, 1.54) is 0 Å². The van der Waals surface area contributed by atoms with Gasteiger partial charge in [-0.25, -0.2) is 4.79 Å². The minimum atomic E-state index is -0.944.